The minimum absolute atomic E-state index is 0.157. The van der Waals surface area contributed by atoms with E-state index in [2.05, 4.69) is 15.1 Å². The molecule has 1 N–H and O–H groups in total. The van der Waals surface area contributed by atoms with E-state index in [1.807, 2.05) is 6.92 Å². The molecular weight excluding hydrogens is 334 g/mol. The molecule has 0 saturated carbocycles. The van der Waals surface area contributed by atoms with Crippen molar-refractivity contribution in [3.05, 3.63) is 52.0 Å². The van der Waals surface area contributed by atoms with E-state index in [1.165, 1.54) is 4.40 Å². The van der Waals surface area contributed by atoms with Crippen LogP contribution in [0.4, 0.5) is 0 Å². The Hall–Kier alpha value is -2.90. The number of nitrogens with zero attached hydrogens (tertiary/aromatic N) is 4. The first-order chi connectivity index (χ1) is 12.7. The molecule has 4 heterocycles. The van der Waals surface area contributed by atoms with E-state index in [9.17, 15) is 9.59 Å². The summed E-state index contributed by atoms with van der Waals surface area (Å²) in [5.74, 6) is 1.04. The lowest BCUT2D eigenvalue weighted by atomic mass is 9.98. The lowest BCUT2D eigenvalue weighted by Gasteiger charge is -2.35. The summed E-state index contributed by atoms with van der Waals surface area (Å²) in [6.45, 7) is 2.67. The Morgan fingerprint density at radius 3 is 3.12 bits per heavy atom. The van der Waals surface area contributed by atoms with Gasteiger partial charge in [0.2, 0.25) is 5.78 Å². The average Bonchev–Trinajstić information content (AvgIpc) is 3.31. The normalized spacial score (nSPS) is 17.7. The highest BCUT2D eigenvalue weighted by atomic mass is 16.5. The molecule has 1 aliphatic heterocycles. The quantitative estimate of drug-likeness (QED) is 0.775. The number of carbonyl (C=O) groups is 1. The Bertz CT molecular complexity index is 986. The second-order valence-electron chi connectivity index (χ2n) is 6.62. The Kier molecular flexibility index (Phi) is 4.32. The van der Waals surface area contributed by atoms with Gasteiger partial charge in [0, 0.05) is 43.2 Å². The zero-order chi connectivity index (χ0) is 18.1. The van der Waals surface area contributed by atoms with Crippen LogP contribution in [0.5, 0.6) is 0 Å². The van der Waals surface area contributed by atoms with E-state index in [4.69, 9.17) is 4.52 Å². The molecule has 1 aliphatic rings. The molecule has 0 aromatic carbocycles. The van der Waals surface area contributed by atoms with Crippen molar-refractivity contribution in [3.8, 4) is 0 Å². The van der Waals surface area contributed by atoms with E-state index in [1.54, 1.807) is 29.4 Å². The molecule has 1 fully saturated rings. The number of imidazole rings is 1. The third kappa shape index (κ3) is 2.91. The van der Waals surface area contributed by atoms with Gasteiger partial charge in [0.1, 0.15) is 5.76 Å². The van der Waals surface area contributed by atoms with Crippen LogP contribution in [-0.2, 0) is 6.42 Å². The maximum atomic E-state index is 13.0. The number of hydrogen-bond donors (Lipinski definition) is 1. The highest BCUT2D eigenvalue weighted by Crippen LogP contribution is 2.30. The average molecular weight is 355 g/mol. The van der Waals surface area contributed by atoms with Crippen molar-refractivity contribution in [2.75, 3.05) is 6.54 Å². The van der Waals surface area contributed by atoms with Crippen LogP contribution in [0.3, 0.4) is 0 Å². The number of amides is 1. The first-order valence-corrected chi connectivity index (χ1v) is 9.00. The molecule has 8 nitrogen and oxygen atoms in total. The predicted molar refractivity (Wildman–Crippen MR) is 93.9 cm³/mol. The van der Waals surface area contributed by atoms with Gasteiger partial charge in [-0.3, -0.25) is 14.0 Å². The maximum absolute atomic E-state index is 13.0. The summed E-state index contributed by atoms with van der Waals surface area (Å²) >= 11 is 0. The molecule has 3 aromatic heterocycles. The molecule has 4 rings (SSSR count). The number of carbonyl (C=O) groups excluding carboxylic acids is 1. The van der Waals surface area contributed by atoms with Gasteiger partial charge in [-0.15, -0.1) is 0 Å². The Morgan fingerprint density at radius 2 is 2.27 bits per heavy atom. The molecular formula is C18H21N5O3. The molecule has 1 saturated heterocycles. The van der Waals surface area contributed by atoms with Crippen molar-refractivity contribution >= 4 is 11.7 Å². The van der Waals surface area contributed by atoms with Gasteiger partial charge in [-0.2, -0.15) is 0 Å². The topological polar surface area (TPSA) is 96.5 Å². The molecule has 0 spiro atoms. The summed E-state index contributed by atoms with van der Waals surface area (Å²) in [5.41, 5.74) is 0.875. The third-order valence-corrected chi connectivity index (χ3v) is 4.81. The standard InChI is InChI=1S/C18H21N5O3/c1-2-5-12-10-14(21-26-12)17(25)22-8-4-3-6-15(22)13-11-16(24)23-9-7-19-18(23)20-13/h7,9-11,15H,2-6,8H2,1H3,(H,19,20)/t15-/m1/s1. The number of fused-ring (bicyclic) bond motifs is 1. The summed E-state index contributed by atoms with van der Waals surface area (Å²) in [6, 6.07) is 3.07. The fourth-order valence-corrected chi connectivity index (χ4v) is 3.54. The second kappa shape index (κ2) is 6.78. The Morgan fingerprint density at radius 1 is 1.38 bits per heavy atom. The number of likely N-dealkylation sites (tertiary alicyclic amines) is 1. The number of piperidine rings is 1. The van der Waals surface area contributed by atoms with Crippen molar-refractivity contribution in [2.24, 2.45) is 0 Å². The highest BCUT2D eigenvalue weighted by Gasteiger charge is 2.31. The van der Waals surface area contributed by atoms with E-state index in [-0.39, 0.29) is 17.5 Å². The summed E-state index contributed by atoms with van der Waals surface area (Å²) in [7, 11) is 0. The van der Waals surface area contributed by atoms with Crippen LogP contribution in [0.15, 0.2) is 33.8 Å². The monoisotopic (exact) mass is 355 g/mol. The van der Waals surface area contributed by atoms with Gasteiger partial charge in [-0.05, 0) is 25.7 Å². The lowest BCUT2D eigenvalue weighted by Crippen LogP contribution is -2.39. The summed E-state index contributed by atoms with van der Waals surface area (Å²) in [4.78, 5) is 34.4. The first kappa shape index (κ1) is 16.6. The number of aromatic amines is 1. The van der Waals surface area contributed by atoms with Gasteiger partial charge in [-0.25, -0.2) is 4.98 Å². The zero-order valence-corrected chi connectivity index (χ0v) is 14.6. The van der Waals surface area contributed by atoms with Crippen molar-refractivity contribution in [2.45, 2.75) is 45.1 Å². The Balaban J connectivity index is 1.66. The lowest BCUT2D eigenvalue weighted by molar-refractivity contribution is 0.0595. The van der Waals surface area contributed by atoms with Gasteiger partial charge in [0.15, 0.2) is 5.69 Å². The molecule has 26 heavy (non-hydrogen) atoms. The van der Waals surface area contributed by atoms with Gasteiger partial charge in [0.25, 0.3) is 11.5 Å². The minimum Gasteiger partial charge on any atom is -0.361 e. The predicted octanol–water partition coefficient (Wildman–Crippen LogP) is 2.33. The van der Waals surface area contributed by atoms with Gasteiger partial charge in [-0.1, -0.05) is 12.1 Å². The molecule has 136 valence electrons. The molecule has 0 bridgehead atoms. The molecule has 0 unspecified atom stereocenters. The van der Waals surface area contributed by atoms with Crippen LogP contribution in [0.1, 0.15) is 60.6 Å². The van der Waals surface area contributed by atoms with Crippen LogP contribution in [0, 0.1) is 0 Å². The summed E-state index contributed by atoms with van der Waals surface area (Å²) in [6.07, 6.45) is 7.60. The van der Waals surface area contributed by atoms with Crippen LogP contribution in [0.2, 0.25) is 0 Å². The second-order valence-corrected chi connectivity index (χ2v) is 6.62. The number of rotatable bonds is 4. The fraction of sp³-hybridized carbons (Fsp3) is 0.444. The van der Waals surface area contributed by atoms with E-state index in [0.29, 0.717) is 23.7 Å². The highest BCUT2D eigenvalue weighted by molar-refractivity contribution is 5.92. The molecule has 0 radical (unpaired) electrons. The molecule has 3 aromatic rings. The van der Waals surface area contributed by atoms with Crippen LogP contribution in [0.25, 0.3) is 5.78 Å². The number of H-pyrrole nitrogens is 1. The van der Waals surface area contributed by atoms with Gasteiger partial charge in [0.05, 0.1) is 6.04 Å². The maximum Gasteiger partial charge on any atom is 0.276 e. The van der Waals surface area contributed by atoms with E-state index >= 15 is 0 Å². The smallest absolute Gasteiger partial charge is 0.276 e. The number of aryl methyl sites for hydroxylation is 1. The third-order valence-electron chi connectivity index (χ3n) is 4.81. The largest absolute Gasteiger partial charge is 0.361 e. The minimum atomic E-state index is -0.197. The zero-order valence-electron chi connectivity index (χ0n) is 14.6. The van der Waals surface area contributed by atoms with E-state index in [0.717, 1.165) is 37.9 Å². The first-order valence-electron chi connectivity index (χ1n) is 9.00. The van der Waals surface area contributed by atoms with Gasteiger partial charge >= 0.3 is 0 Å². The molecule has 1 atom stereocenters. The van der Waals surface area contributed by atoms with Crippen LogP contribution < -0.4 is 5.56 Å². The van der Waals surface area contributed by atoms with Crippen molar-refractivity contribution < 1.29 is 9.32 Å². The van der Waals surface area contributed by atoms with Crippen molar-refractivity contribution in [1.29, 1.82) is 0 Å². The van der Waals surface area contributed by atoms with Crippen LogP contribution >= 0.6 is 0 Å². The number of nitrogens with one attached hydrogen (secondary N) is 1. The summed E-state index contributed by atoms with van der Waals surface area (Å²) in [5, 5.41) is 3.94. The van der Waals surface area contributed by atoms with Gasteiger partial charge < -0.3 is 14.4 Å². The summed E-state index contributed by atoms with van der Waals surface area (Å²) < 4.78 is 6.71. The fourth-order valence-electron chi connectivity index (χ4n) is 3.54. The molecule has 8 heteroatoms. The molecule has 0 aliphatic carbocycles. The SMILES string of the molecule is CCCc1cc(C(=O)N2CCCC[C@@H]2c2cc(=O)n3ccnc3[nH]2)no1. The number of hydrogen-bond acceptors (Lipinski definition) is 5. The molecule has 1 amide bonds. The van der Waals surface area contributed by atoms with Crippen LogP contribution in [-0.4, -0.2) is 36.9 Å². The number of aromatic nitrogens is 4. The Labute approximate surface area is 149 Å². The van der Waals surface area contributed by atoms with Crippen molar-refractivity contribution in [3.63, 3.8) is 0 Å². The van der Waals surface area contributed by atoms with Crippen molar-refractivity contribution in [1.82, 2.24) is 24.4 Å². The van der Waals surface area contributed by atoms with E-state index < -0.39 is 0 Å².